The predicted octanol–water partition coefficient (Wildman–Crippen LogP) is 1.95. The number of piperazine rings is 1. The summed E-state index contributed by atoms with van der Waals surface area (Å²) in [7, 11) is 3.51. The number of nitrogens with zero attached hydrogens (tertiary/aromatic N) is 3. The van der Waals surface area contributed by atoms with E-state index in [9.17, 15) is 4.79 Å². The van der Waals surface area contributed by atoms with Gasteiger partial charge in [-0.2, -0.15) is 0 Å². The summed E-state index contributed by atoms with van der Waals surface area (Å²) in [5.41, 5.74) is 2.24. The molecule has 1 saturated heterocycles. The van der Waals surface area contributed by atoms with Crippen molar-refractivity contribution in [1.82, 2.24) is 9.88 Å². The molecule has 2 heterocycles. The lowest BCUT2D eigenvalue weighted by atomic mass is 10.1. The van der Waals surface area contributed by atoms with E-state index in [0.29, 0.717) is 5.56 Å². The third-order valence-electron chi connectivity index (χ3n) is 3.35. The van der Waals surface area contributed by atoms with Gasteiger partial charge >= 0.3 is 5.97 Å². The number of rotatable bonds is 2. The maximum absolute atomic E-state index is 11.9. The van der Waals surface area contributed by atoms with Crippen molar-refractivity contribution in [2.75, 3.05) is 45.2 Å². The van der Waals surface area contributed by atoms with Gasteiger partial charge in [0.25, 0.3) is 0 Å². The van der Waals surface area contributed by atoms with E-state index >= 15 is 0 Å². The number of hydrogen-bond acceptors (Lipinski definition) is 5. The Morgan fingerprint density at radius 3 is 2.40 bits per heavy atom. The molecule has 1 aromatic heterocycles. The Labute approximate surface area is 121 Å². The number of esters is 1. The van der Waals surface area contributed by atoms with Gasteiger partial charge in [-0.1, -0.05) is 13.8 Å². The molecule has 0 unspecified atom stereocenters. The predicted molar refractivity (Wildman–Crippen MR) is 81.4 cm³/mol. The minimum absolute atomic E-state index is 0.311. The molecule has 112 valence electrons. The van der Waals surface area contributed by atoms with E-state index in [-0.39, 0.29) is 5.97 Å². The van der Waals surface area contributed by atoms with Gasteiger partial charge in [-0.15, -0.1) is 0 Å². The Morgan fingerprint density at radius 1 is 1.25 bits per heavy atom. The fourth-order valence-electron chi connectivity index (χ4n) is 2.22. The first-order chi connectivity index (χ1) is 9.63. The first-order valence-corrected chi connectivity index (χ1v) is 7.11. The van der Waals surface area contributed by atoms with Crippen LogP contribution in [0.5, 0.6) is 0 Å². The molecule has 0 aliphatic carbocycles. The SMILES string of the molecule is CC.COC(=O)c1c(N2CCN(C)CC2)ccnc1C. The summed E-state index contributed by atoms with van der Waals surface area (Å²) in [5.74, 6) is -0.311. The Balaban J connectivity index is 0.000000956. The molecule has 20 heavy (non-hydrogen) atoms. The molecule has 1 fully saturated rings. The van der Waals surface area contributed by atoms with E-state index in [1.807, 2.05) is 26.8 Å². The van der Waals surface area contributed by atoms with Crippen molar-refractivity contribution in [3.63, 3.8) is 0 Å². The molecular weight excluding hydrogens is 254 g/mol. The number of aryl methyl sites for hydroxylation is 1. The topological polar surface area (TPSA) is 45.7 Å². The van der Waals surface area contributed by atoms with Crippen LogP contribution in [-0.4, -0.2) is 56.2 Å². The van der Waals surface area contributed by atoms with Crippen molar-refractivity contribution in [1.29, 1.82) is 0 Å². The van der Waals surface area contributed by atoms with E-state index in [2.05, 4.69) is 21.8 Å². The molecule has 0 spiro atoms. The lowest BCUT2D eigenvalue weighted by molar-refractivity contribution is 0.0600. The van der Waals surface area contributed by atoms with Crippen LogP contribution in [0.15, 0.2) is 12.3 Å². The molecule has 0 N–H and O–H groups in total. The fourth-order valence-corrected chi connectivity index (χ4v) is 2.22. The molecule has 1 aliphatic rings. The molecule has 5 heteroatoms. The number of hydrogen-bond donors (Lipinski definition) is 0. The zero-order valence-corrected chi connectivity index (χ0v) is 13.1. The Bertz CT molecular complexity index is 441. The average molecular weight is 279 g/mol. The normalized spacial score (nSPS) is 15.3. The van der Waals surface area contributed by atoms with Gasteiger partial charge in [0.1, 0.15) is 5.56 Å². The first kappa shape index (κ1) is 16.4. The summed E-state index contributed by atoms with van der Waals surface area (Å²) >= 11 is 0. The largest absolute Gasteiger partial charge is 0.465 e. The summed E-state index contributed by atoms with van der Waals surface area (Å²) in [6, 6.07) is 1.89. The minimum atomic E-state index is -0.311. The van der Waals surface area contributed by atoms with E-state index < -0.39 is 0 Å². The summed E-state index contributed by atoms with van der Waals surface area (Å²) in [5, 5.41) is 0. The van der Waals surface area contributed by atoms with Crippen LogP contribution in [0.2, 0.25) is 0 Å². The number of methoxy groups -OCH3 is 1. The molecule has 0 aromatic carbocycles. The Morgan fingerprint density at radius 2 is 1.85 bits per heavy atom. The van der Waals surface area contributed by atoms with Crippen molar-refractivity contribution in [2.24, 2.45) is 0 Å². The Hall–Kier alpha value is -1.62. The highest BCUT2D eigenvalue weighted by atomic mass is 16.5. The number of anilines is 1. The molecule has 0 saturated carbocycles. The molecule has 1 aliphatic heterocycles. The van der Waals surface area contributed by atoms with Gasteiger partial charge in [0.15, 0.2) is 0 Å². The van der Waals surface area contributed by atoms with Gasteiger partial charge in [0.2, 0.25) is 0 Å². The smallest absolute Gasteiger partial charge is 0.341 e. The van der Waals surface area contributed by atoms with Crippen molar-refractivity contribution in [2.45, 2.75) is 20.8 Å². The molecule has 0 atom stereocenters. The van der Waals surface area contributed by atoms with Gasteiger partial charge < -0.3 is 14.5 Å². The summed E-state index contributed by atoms with van der Waals surface area (Å²) in [6.07, 6.45) is 1.75. The summed E-state index contributed by atoms with van der Waals surface area (Å²) in [6.45, 7) is 9.68. The quantitative estimate of drug-likeness (QED) is 0.774. The highest BCUT2D eigenvalue weighted by Crippen LogP contribution is 2.24. The Kier molecular flexibility index (Phi) is 6.45. The summed E-state index contributed by atoms with van der Waals surface area (Å²) < 4.78 is 4.85. The fraction of sp³-hybridized carbons (Fsp3) is 0.600. The van der Waals surface area contributed by atoms with E-state index in [1.54, 1.807) is 6.20 Å². The van der Waals surface area contributed by atoms with Gasteiger partial charge in [-0.05, 0) is 20.0 Å². The lowest BCUT2D eigenvalue weighted by Gasteiger charge is -2.34. The van der Waals surface area contributed by atoms with E-state index in [1.165, 1.54) is 7.11 Å². The van der Waals surface area contributed by atoms with Crippen LogP contribution < -0.4 is 4.90 Å². The lowest BCUT2D eigenvalue weighted by Crippen LogP contribution is -2.45. The number of carbonyl (C=O) groups is 1. The second-order valence-corrected chi connectivity index (χ2v) is 4.57. The summed E-state index contributed by atoms with van der Waals surface area (Å²) in [4.78, 5) is 20.5. The molecule has 0 radical (unpaired) electrons. The molecule has 2 rings (SSSR count). The van der Waals surface area contributed by atoms with Crippen molar-refractivity contribution in [3.05, 3.63) is 23.5 Å². The zero-order chi connectivity index (χ0) is 15.1. The van der Waals surface area contributed by atoms with Crippen molar-refractivity contribution in [3.8, 4) is 0 Å². The maximum Gasteiger partial charge on any atom is 0.341 e. The second-order valence-electron chi connectivity index (χ2n) is 4.57. The van der Waals surface area contributed by atoms with Crippen LogP contribution in [0.1, 0.15) is 29.9 Å². The molecule has 0 amide bonds. The number of aromatic nitrogens is 1. The van der Waals surface area contributed by atoms with Gasteiger partial charge in [-0.3, -0.25) is 4.98 Å². The number of likely N-dealkylation sites (N-methyl/N-ethyl adjacent to an activating group) is 1. The highest BCUT2D eigenvalue weighted by Gasteiger charge is 2.22. The second kappa shape index (κ2) is 7.85. The van der Waals surface area contributed by atoms with Crippen LogP contribution >= 0.6 is 0 Å². The van der Waals surface area contributed by atoms with Crippen molar-refractivity contribution >= 4 is 11.7 Å². The van der Waals surface area contributed by atoms with Crippen LogP contribution in [0.25, 0.3) is 0 Å². The maximum atomic E-state index is 11.9. The third kappa shape index (κ3) is 3.70. The van der Waals surface area contributed by atoms with Crippen LogP contribution in [-0.2, 0) is 4.74 Å². The first-order valence-electron chi connectivity index (χ1n) is 7.11. The zero-order valence-electron chi connectivity index (χ0n) is 13.1. The van der Waals surface area contributed by atoms with Gasteiger partial charge in [-0.25, -0.2) is 4.79 Å². The van der Waals surface area contributed by atoms with Crippen molar-refractivity contribution < 1.29 is 9.53 Å². The molecule has 1 aromatic rings. The monoisotopic (exact) mass is 279 g/mol. The molecule has 5 nitrogen and oxygen atoms in total. The van der Waals surface area contributed by atoms with Crippen LogP contribution in [0.3, 0.4) is 0 Å². The van der Waals surface area contributed by atoms with Gasteiger partial charge in [0, 0.05) is 32.4 Å². The van der Waals surface area contributed by atoms with E-state index in [4.69, 9.17) is 4.74 Å². The third-order valence-corrected chi connectivity index (χ3v) is 3.35. The number of ether oxygens (including phenoxy) is 1. The average Bonchev–Trinajstić information content (AvgIpc) is 2.49. The van der Waals surface area contributed by atoms with E-state index in [0.717, 1.165) is 37.6 Å². The van der Waals surface area contributed by atoms with Crippen LogP contribution in [0, 0.1) is 6.92 Å². The minimum Gasteiger partial charge on any atom is -0.465 e. The number of pyridine rings is 1. The van der Waals surface area contributed by atoms with Crippen LogP contribution in [0.4, 0.5) is 5.69 Å². The highest BCUT2D eigenvalue weighted by molar-refractivity contribution is 5.96. The molecule has 0 bridgehead atoms. The standard InChI is InChI=1S/C13H19N3O2.C2H6/c1-10-12(13(17)18-3)11(4-5-14-10)16-8-6-15(2)7-9-16;1-2/h4-5H,6-9H2,1-3H3;1-2H3. The van der Waals surface area contributed by atoms with Gasteiger partial charge in [0.05, 0.1) is 18.5 Å². The molecular formula is C15H25N3O2. The number of carbonyl (C=O) groups excluding carboxylic acids is 1.